The van der Waals surface area contributed by atoms with Gasteiger partial charge in [-0.3, -0.25) is 0 Å². The first kappa shape index (κ1) is 25.0. The van der Waals surface area contributed by atoms with E-state index in [4.69, 9.17) is 4.74 Å². The number of hydrogen-bond acceptors (Lipinski definition) is 6. The lowest BCUT2D eigenvalue weighted by atomic mass is 9.89. The second kappa shape index (κ2) is 8.02. The van der Waals surface area contributed by atoms with Crippen molar-refractivity contribution in [1.82, 2.24) is 0 Å². The number of benzene rings is 2. The highest BCUT2D eigenvalue weighted by molar-refractivity contribution is 5.91. The summed E-state index contributed by atoms with van der Waals surface area (Å²) < 4.78 is 5.58. The molecule has 0 unspecified atom stereocenters. The SMILES string of the molecule is CC(C)(O)c1cc(OC(=O)c2cc(C(C)(C)O)cc(C(C)(C)O)c2)cc(C(C)(C)O)c1. The number of esters is 1. The van der Waals surface area contributed by atoms with Gasteiger partial charge in [-0.2, -0.15) is 0 Å². The number of hydrogen-bond donors (Lipinski definition) is 4. The van der Waals surface area contributed by atoms with Crippen LogP contribution in [0.2, 0.25) is 0 Å². The Kier molecular flexibility index (Phi) is 6.47. The molecule has 4 N–H and O–H groups in total. The van der Waals surface area contributed by atoms with Crippen LogP contribution in [0, 0.1) is 0 Å². The first-order valence-electron chi connectivity index (χ1n) is 10.2. The summed E-state index contributed by atoms with van der Waals surface area (Å²) in [5.74, 6) is -0.522. The van der Waals surface area contributed by atoms with Crippen molar-refractivity contribution in [1.29, 1.82) is 0 Å². The van der Waals surface area contributed by atoms with Gasteiger partial charge in [-0.1, -0.05) is 6.07 Å². The average Bonchev–Trinajstić information content (AvgIpc) is 2.58. The largest absolute Gasteiger partial charge is 0.423 e. The number of aliphatic hydroxyl groups is 4. The molecule has 0 atom stereocenters. The van der Waals surface area contributed by atoms with Crippen LogP contribution in [0.5, 0.6) is 5.75 Å². The molecule has 31 heavy (non-hydrogen) atoms. The lowest BCUT2D eigenvalue weighted by Crippen LogP contribution is -2.23. The van der Waals surface area contributed by atoms with Crippen LogP contribution in [0.3, 0.4) is 0 Å². The van der Waals surface area contributed by atoms with Crippen molar-refractivity contribution in [2.24, 2.45) is 0 Å². The third kappa shape index (κ3) is 6.37. The third-order valence-electron chi connectivity index (χ3n) is 5.11. The molecule has 0 bridgehead atoms. The van der Waals surface area contributed by atoms with Crippen molar-refractivity contribution in [3.8, 4) is 5.75 Å². The summed E-state index contributed by atoms with van der Waals surface area (Å²) in [7, 11) is 0. The summed E-state index contributed by atoms with van der Waals surface area (Å²) in [5, 5.41) is 41.7. The zero-order valence-corrected chi connectivity index (χ0v) is 19.6. The second-order valence-electron chi connectivity index (χ2n) is 10.2. The molecule has 0 aliphatic heterocycles. The molecule has 6 nitrogen and oxygen atoms in total. The van der Waals surface area contributed by atoms with Gasteiger partial charge in [0.05, 0.1) is 28.0 Å². The summed E-state index contributed by atoms with van der Waals surface area (Å²) >= 11 is 0. The van der Waals surface area contributed by atoms with Gasteiger partial charge in [0.2, 0.25) is 0 Å². The fourth-order valence-electron chi connectivity index (χ4n) is 2.98. The smallest absolute Gasteiger partial charge is 0.343 e. The van der Waals surface area contributed by atoms with Crippen LogP contribution in [-0.4, -0.2) is 26.4 Å². The summed E-state index contributed by atoms with van der Waals surface area (Å²) in [6.45, 7) is 12.8. The molecule has 0 aromatic heterocycles. The Morgan fingerprint density at radius 1 is 0.581 bits per heavy atom. The van der Waals surface area contributed by atoms with Crippen molar-refractivity contribution < 1.29 is 30.0 Å². The van der Waals surface area contributed by atoms with Crippen molar-refractivity contribution >= 4 is 5.97 Å². The summed E-state index contributed by atoms with van der Waals surface area (Å²) in [6.07, 6.45) is 0. The first-order chi connectivity index (χ1) is 13.8. The van der Waals surface area contributed by atoms with Gasteiger partial charge in [0.15, 0.2) is 0 Å². The molecular weight excluding hydrogens is 396 g/mol. The summed E-state index contributed by atoms with van der Waals surface area (Å²) in [6, 6.07) is 9.45. The Labute approximate surface area is 184 Å². The predicted octanol–water partition coefficient (Wildman–Crippen LogP) is 3.82. The molecule has 2 aromatic rings. The lowest BCUT2D eigenvalue weighted by molar-refractivity contribution is 0.0661. The van der Waals surface area contributed by atoms with E-state index in [1.165, 1.54) is 12.1 Å². The van der Waals surface area contributed by atoms with Gasteiger partial charge in [0.1, 0.15) is 5.75 Å². The van der Waals surface area contributed by atoms with E-state index in [1.54, 1.807) is 79.7 Å². The molecule has 170 valence electrons. The van der Waals surface area contributed by atoms with Crippen LogP contribution < -0.4 is 4.74 Å². The molecule has 2 rings (SSSR count). The van der Waals surface area contributed by atoms with E-state index >= 15 is 0 Å². The first-order valence-corrected chi connectivity index (χ1v) is 10.2. The number of carbonyl (C=O) groups excluding carboxylic acids is 1. The molecule has 0 saturated heterocycles. The van der Waals surface area contributed by atoms with Gasteiger partial charge in [0.25, 0.3) is 0 Å². The van der Waals surface area contributed by atoms with E-state index in [0.717, 1.165) is 0 Å². The van der Waals surface area contributed by atoms with Crippen molar-refractivity contribution in [2.75, 3.05) is 0 Å². The highest BCUT2D eigenvalue weighted by Crippen LogP contribution is 2.32. The third-order valence-corrected chi connectivity index (χ3v) is 5.11. The lowest BCUT2D eigenvalue weighted by Gasteiger charge is -2.25. The van der Waals surface area contributed by atoms with Crippen molar-refractivity contribution in [2.45, 2.75) is 77.8 Å². The van der Waals surface area contributed by atoms with E-state index < -0.39 is 28.4 Å². The topological polar surface area (TPSA) is 107 Å². The number of carbonyl (C=O) groups is 1. The van der Waals surface area contributed by atoms with Crippen LogP contribution >= 0.6 is 0 Å². The zero-order chi connectivity index (χ0) is 24.0. The van der Waals surface area contributed by atoms with Crippen LogP contribution in [-0.2, 0) is 22.4 Å². The number of rotatable bonds is 6. The Balaban J connectivity index is 2.54. The molecule has 0 fully saturated rings. The molecule has 0 radical (unpaired) electrons. The van der Waals surface area contributed by atoms with Gasteiger partial charge >= 0.3 is 5.97 Å². The average molecular weight is 431 g/mol. The summed E-state index contributed by atoms with van der Waals surface area (Å²) in [5.41, 5.74) is -2.83. The highest BCUT2D eigenvalue weighted by Gasteiger charge is 2.27. The fourth-order valence-corrected chi connectivity index (χ4v) is 2.98. The molecule has 6 heteroatoms. The van der Waals surface area contributed by atoms with Gasteiger partial charge in [-0.25, -0.2) is 4.79 Å². The predicted molar refractivity (Wildman–Crippen MR) is 119 cm³/mol. The maximum Gasteiger partial charge on any atom is 0.343 e. The normalized spacial score (nSPS) is 13.3. The minimum Gasteiger partial charge on any atom is -0.423 e. The molecule has 0 amide bonds. The quantitative estimate of drug-likeness (QED) is 0.410. The van der Waals surface area contributed by atoms with Crippen molar-refractivity contribution in [3.05, 3.63) is 64.2 Å². The zero-order valence-electron chi connectivity index (χ0n) is 19.6. The van der Waals surface area contributed by atoms with Gasteiger partial charge in [-0.05, 0) is 108 Å². The van der Waals surface area contributed by atoms with E-state index in [9.17, 15) is 25.2 Å². The molecule has 2 aromatic carbocycles. The highest BCUT2D eigenvalue weighted by atomic mass is 16.5. The Bertz CT molecular complexity index is 899. The molecule has 0 aliphatic carbocycles. The van der Waals surface area contributed by atoms with E-state index in [-0.39, 0.29) is 11.3 Å². The summed E-state index contributed by atoms with van der Waals surface area (Å²) in [4.78, 5) is 13.0. The minimum atomic E-state index is -1.23. The molecule has 0 aliphatic rings. The fraction of sp³-hybridized carbons (Fsp3) is 0.480. The standard InChI is InChI=1S/C25H34O6/c1-22(2,27)16-9-15(10-17(11-16)23(3,4)28)21(26)31-20-13-18(24(5,6)29)12-19(14-20)25(7,8)30/h9-14,27-30H,1-8H3. The van der Waals surface area contributed by atoms with Gasteiger partial charge in [0, 0.05) is 0 Å². The Morgan fingerprint density at radius 2 is 0.871 bits per heavy atom. The van der Waals surface area contributed by atoms with Crippen LogP contribution in [0.25, 0.3) is 0 Å². The van der Waals surface area contributed by atoms with Crippen LogP contribution in [0.1, 0.15) is 88.0 Å². The molecular formula is C25H34O6. The minimum absolute atomic E-state index is 0.162. The van der Waals surface area contributed by atoms with E-state index in [1.807, 2.05) is 0 Å². The number of ether oxygens (including phenoxy) is 1. The van der Waals surface area contributed by atoms with Crippen LogP contribution in [0.15, 0.2) is 36.4 Å². The van der Waals surface area contributed by atoms with Crippen LogP contribution in [0.4, 0.5) is 0 Å². The maximum atomic E-state index is 13.0. The Hall–Kier alpha value is -2.25. The van der Waals surface area contributed by atoms with E-state index in [0.29, 0.717) is 22.3 Å². The molecule has 0 spiro atoms. The maximum absolute atomic E-state index is 13.0. The van der Waals surface area contributed by atoms with Crippen molar-refractivity contribution in [3.63, 3.8) is 0 Å². The molecule has 0 heterocycles. The van der Waals surface area contributed by atoms with E-state index in [2.05, 4.69) is 0 Å². The Morgan fingerprint density at radius 3 is 1.16 bits per heavy atom. The second-order valence-corrected chi connectivity index (χ2v) is 10.2. The molecule has 0 saturated carbocycles. The van der Waals surface area contributed by atoms with Gasteiger partial charge < -0.3 is 25.2 Å². The monoisotopic (exact) mass is 430 g/mol. The van der Waals surface area contributed by atoms with Gasteiger partial charge in [-0.15, -0.1) is 0 Å².